The van der Waals surface area contributed by atoms with Gasteiger partial charge < -0.3 is 0 Å². The molecule has 4 nitrogen and oxygen atoms in total. The molecule has 1 aliphatic heterocycles. The number of rotatable bonds is 1. The van der Waals surface area contributed by atoms with Crippen LogP contribution in [-0.2, 0) is 4.79 Å². The molecule has 0 unspecified atom stereocenters. The van der Waals surface area contributed by atoms with Crippen molar-refractivity contribution in [2.75, 3.05) is 4.90 Å². The van der Waals surface area contributed by atoms with E-state index in [0.29, 0.717) is 0 Å². The number of ketones is 1. The van der Waals surface area contributed by atoms with Gasteiger partial charge in [0.25, 0.3) is 11.7 Å². The minimum Gasteiger partial charge on any atom is -0.283 e. The summed E-state index contributed by atoms with van der Waals surface area (Å²) < 4.78 is 0. The number of benzene rings is 2. The van der Waals surface area contributed by atoms with Crippen molar-refractivity contribution in [3.63, 3.8) is 0 Å². The lowest BCUT2D eigenvalue weighted by molar-refractivity contribution is -0.114. The maximum Gasteiger partial charge on any atom is 0.306 e. The van der Waals surface area contributed by atoms with Crippen molar-refractivity contribution in [1.29, 1.82) is 0 Å². The third-order valence-electron chi connectivity index (χ3n) is 3.10. The van der Waals surface area contributed by atoms with E-state index in [1.807, 2.05) is 0 Å². The van der Waals surface area contributed by atoms with Crippen molar-refractivity contribution in [3.8, 4) is 0 Å². The van der Waals surface area contributed by atoms with Crippen LogP contribution in [0.3, 0.4) is 0 Å². The molecule has 0 bridgehead atoms. The number of Topliss-reactive ketones (excluding diaryl/α,β-unsaturated/α-hetero) is 1. The van der Waals surface area contributed by atoms with Crippen molar-refractivity contribution < 1.29 is 14.4 Å². The van der Waals surface area contributed by atoms with Gasteiger partial charge in [0.2, 0.25) is 0 Å². The van der Waals surface area contributed by atoms with Crippen LogP contribution in [0, 0.1) is 0 Å². The summed E-state index contributed by atoms with van der Waals surface area (Å²) in [7, 11) is 0. The Bertz CT molecular complexity index is 754. The quantitative estimate of drug-likeness (QED) is 0.598. The van der Waals surface area contributed by atoms with E-state index in [0.717, 1.165) is 4.90 Å². The number of nitrogens with zero attached hydrogens (tertiary/aromatic N) is 1. The number of hydrogen-bond acceptors (Lipinski definition) is 3. The zero-order valence-corrected chi connectivity index (χ0v) is 10.9. The molecule has 0 saturated heterocycles. The molecule has 20 heavy (non-hydrogen) atoms. The monoisotopic (exact) mass is 285 g/mol. The second kappa shape index (κ2) is 4.58. The molecule has 0 atom stereocenters. The second-order valence-electron chi connectivity index (χ2n) is 4.27. The zero-order chi connectivity index (χ0) is 14.3. The lowest BCUT2D eigenvalue weighted by Crippen LogP contribution is -2.46. The number of anilines is 1. The highest BCUT2D eigenvalue weighted by atomic mass is 35.5. The summed E-state index contributed by atoms with van der Waals surface area (Å²) in [6, 6.07) is 12.7. The largest absolute Gasteiger partial charge is 0.306 e. The Morgan fingerprint density at radius 1 is 0.750 bits per heavy atom. The molecule has 0 aliphatic carbocycles. The van der Waals surface area contributed by atoms with Crippen molar-refractivity contribution in [1.82, 2.24) is 0 Å². The summed E-state index contributed by atoms with van der Waals surface area (Å²) in [6.45, 7) is 0. The van der Waals surface area contributed by atoms with Gasteiger partial charge in [0, 0.05) is 5.56 Å². The summed E-state index contributed by atoms with van der Waals surface area (Å²) in [5, 5.41) is 0.237. The molecule has 0 spiro atoms. The summed E-state index contributed by atoms with van der Waals surface area (Å²) >= 11 is 6.01. The summed E-state index contributed by atoms with van der Waals surface area (Å²) in [5.74, 6) is -2.14. The summed E-state index contributed by atoms with van der Waals surface area (Å²) in [4.78, 5) is 37.5. The molecule has 1 aliphatic rings. The van der Waals surface area contributed by atoms with Gasteiger partial charge in [0.15, 0.2) is 0 Å². The standard InChI is InChI=1S/C15H8ClNO3/c16-11-7-3-4-8-12(11)17-14(19)10-6-2-1-5-9(10)13(18)15(17)20/h1-8H. The van der Waals surface area contributed by atoms with Gasteiger partial charge in [-0.2, -0.15) is 0 Å². The first kappa shape index (κ1) is 12.6. The molecular weight excluding hydrogens is 278 g/mol. The van der Waals surface area contributed by atoms with Crippen LogP contribution in [0.25, 0.3) is 0 Å². The maximum absolute atomic E-state index is 12.4. The SMILES string of the molecule is O=C1C(=O)N(c2ccccc2Cl)C(=O)c2ccccc21. The number of amides is 2. The van der Waals surface area contributed by atoms with Gasteiger partial charge >= 0.3 is 5.91 Å². The number of fused-ring (bicyclic) bond motifs is 1. The predicted molar refractivity (Wildman–Crippen MR) is 74.0 cm³/mol. The molecule has 2 aromatic carbocycles. The highest BCUT2D eigenvalue weighted by Crippen LogP contribution is 2.30. The van der Waals surface area contributed by atoms with E-state index in [1.54, 1.807) is 30.3 Å². The van der Waals surface area contributed by atoms with E-state index in [9.17, 15) is 14.4 Å². The number of halogens is 1. The normalized spacial score (nSPS) is 14.4. The Labute approximate surface area is 119 Å². The van der Waals surface area contributed by atoms with Crippen LogP contribution in [0.2, 0.25) is 5.02 Å². The van der Waals surface area contributed by atoms with E-state index in [-0.39, 0.29) is 21.8 Å². The molecule has 1 heterocycles. The topological polar surface area (TPSA) is 54.5 Å². The van der Waals surface area contributed by atoms with Gasteiger partial charge in [-0.05, 0) is 18.2 Å². The average molecular weight is 286 g/mol. The van der Waals surface area contributed by atoms with E-state index in [1.165, 1.54) is 18.2 Å². The van der Waals surface area contributed by atoms with Crippen LogP contribution in [-0.4, -0.2) is 17.6 Å². The Morgan fingerprint density at radius 3 is 2.05 bits per heavy atom. The average Bonchev–Trinajstić information content (AvgIpc) is 2.47. The van der Waals surface area contributed by atoms with Crippen LogP contribution in [0.5, 0.6) is 0 Å². The third-order valence-corrected chi connectivity index (χ3v) is 3.42. The maximum atomic E-state index is 12.4. The molecule has 5 heteroatoms. The lowest BCUT2D eigenvalue weighted by atomic mass is 9.97. The first-order valence-electron chi connectivity index (χ1n) is 5.88. The van der Waals surface area contributed by atoms with Crippen LogP contribution in [0.4, 0.5) is 5.69 Å². The van der Waals surface area contributed by atoms with E-state index < -0.39 is 17.6 Å². The lowest BCUT2D eigenvalue weighted by Gasteiger charge is -2.26. The Kier molecular flexibility index (Phi) is 2.88. The van der Waals surface area contributed by atoms with Gasteiger partial charge in [0.05, 0.1) is 16.3 Å². The molecule has 0 fully saturated rings. The molecule has 0 N–H and O–H groups in total. The van der Waals surface area contributed by atoms with Crippen molar-refractivity contribution in [2.45, 2.75) is 0 Å². The summed E-state index contributed by atoms with van der Waals surface area (Å²) in [5.41, 5.74) is 0.551. The van der Waals surface area contributed by atoms with Crippen molar-refractivity contribution >= 4 is 34.9 Å². The minimum absolute atomic E-state index is 0.130. The molecule has 2 amide bonds. The molecule has 0 aromatic heterocycles. The predicted octanol–water partition coefficient (Wildman–Crippen LogP) is 2.71. The number of para-hydroxylation sites is 1. The van der Waals surface area contributed by atoms with Crippen LogP contribution in [0.1, 0.15) is 20.7 Å². The van der Waals surface area contributed by atoms with Gasteiger partial charge in [0.1, 0.15) is 0 Å². The Morgan fingerprint density at radius 2 is 1.35 bits per heavy atom. The molecule has 2 aromatic rings. The second-order valence-corrected chi connectivity index (χ2v) is 4.68. The number of imide groups is 1. The smallest absolute Gasteiger partial charge is 0.283 e. The van der Waals surface area contributed by atoms with E-state index in [4.69, 9.17) is 11.6 Å². The molecule has 3 rings (SSSR count). The fourth-order valence-corrected chi connectivity index (χ4v) is 2.37. The number of carbonyl (C=O) groups excluding carboxylic acids is 3. The fraction of sp³-hybridized carbons (Fsp3) is 0. The first-order chi connectivity index (χ1) is 9.61. The fourth-order valence-electron chi connectivity index (χ4n) is 2.15. The highest BCUT2D eigenvalue weighted by molar-refractivity contribution is 6.56. The van der Waals surface area contributed by atoms with Gasteiger partial charge in [-0.1, -0.05) is 41.9 Å². The van der Waals surface area contributed by atoms with Gasteiger partial charge in [-0.15, -0.1) is 0 Å². The van der Waals surface area contributed by atoms with Crippen LogP contribution < -0.4 is 4.90 Å². The van der Waals surface area contributed by atoms with Gasteiger partial charge in [-0.25, -0.2) is 4.90 Å². The molecule has 0 radical (unpaired) electrons. The van der Waals surface area contributed by atoms with Crippen molar-refractivity contribution in [2.24, 2.45) is 0 Å². The van der Waals surface area contributed by atoms with Crippen molar-refractivity contribution in [3.05, 3.63) is 64.7 Å². The Hall–Kier alpha value is -2.46. The molecule has 0 saturated carbocycles. The van der Waals surface area contributed by atoms with E-state index >= 15 is 0 Å². The minimum atomic E-state index is -0.887. The number of carbonyl (C=O) groups is 3. The Balaban J connectivity index is 2.20. The summed E-state index contributed by atoms with van der Waals surface area (Å²) in [6.07, 6.45) is 0. The van der Waals surface area contributed by atoms with Crippen LogP contribution >= 0.6 is 11.6 Å². The molecular formula is C15H8ClNO3. The zero-order valence-electron chi connectivity index (χ0n) is 10.2. The first-order valence-corrected chi connectivity index (χ1v) is 6.25. The highest BCUT2D eigenvalue weighted by Gasteiger charge is 2.39. The number of hydrogen-bond donors (Lipinski definition) is 0. The van der Waals surface area contributed by atoms with E-state index in [2.05, 4.69) is 0 Å². The van der Waals surface area contributed by atoms with Gasteiger partial charge in [-0.3, -0.25) is 14.4 Å². The third kappa shape index (κ3) is 1.73. The molecule has 98 valence electrons. The van der Waals surface area contributed by atoms with Crippen LogP contribution in [0.15, 0.2) is 48.5 Å².